The minimum absolute atomic E-state index is 0.00121. The van der Waals surface area contributed by atoms with E-state index in [9.17, 15) is 14.4 Å². The van der Waals surface area contributed by atoms with Gasteiger partial charge in [-0.1, -0.05) is 0 Å². The van der Waals surface area contributed by atoms with Gasteiger partial charge in [0.25, 0.3) is 11.8 Å². The summed E-state index contributed by atoms with van der Waals surface area (Å²) >= 11 is 5.25. The second-order valence-corrected chi connectivity index (χ2v) is 8.06. The van der Waals surface area contributed by atoms with Gasteiger partial charge in [-0.3, -0.25) is 19.8 Å². The molecule has 0 spiro atoms. The standard InChI is InChI=1S/C25H21N3O5S/c1-14-12-17(15(2)27(14)18-6-4-16(5-7-18)24(31)32)13-21-22(29)26-25(34)28(23(21)30)19-8-10-20(33-3)11-9-19/h4-13H,1-3H3,(H,31,32)(H,26,29,34). The second kappa shape index (κ2) is 8.95. The van der Waals surface area contributed by atoms with E-state index < -0.39 is 17.8 Å². The van der Waals surface area contributed by atoms with Crippen LogP contribution in [0, 0.1) is 13.8 Å². The number of anilines is 1. The third-order valence-corrected chi connectivity index (χ3v) is 5.86. The van der Waals surface area contributed by atoms with Crippen molar-refractivity contribution in [3.63, 3.8) is 0 Å². The maximum Gasteiger partial charge on any atom is 0.335 e. The summed E-state index contributed by atoms with van der Waals surface area (Å²) < 4.78 is 7.09. The Hall–Kier alpha value is -4.24. The average molecular weight is 476 g/mol. The van der Waals surface area contributed by atoms with E-state index in [-0.39, 0.29) is 16.2 Å². The maximum atomic E-state index is 13.3. The number of hydrogen-bond acceptors (Lipinski definition) is 5. The molecule has 0 bridgehead atoms. The van der Waals surface area contributed by atoms with Gasteiger partial charge < -0.3 is 14.4 Å². The van der Waals surface area contributed by atoms with Crippen LogP contribution in [0.4, 0.5) is 5.69 Å². The lowest BCUT2D eigenvalue weighted by Crippen LogP contribution is -2.54. The fourth-order valence-corrected chi connectivity index (χ4v) is 4.14. The topological polar surface area (TPSA) is 101 Å². The molecule has 34 heavy (non-hydrogen) atoms. The number of ether oxygens (including phenoxy) is 1. The van der Waals surface area contributed by atoms with Crippen molar-refractivity contribution in [2.45, 2.75) is 13.8 Å². The molecular formula is C25H21N3O5S. The molecule has 0 aliphatic carbocycles. The summed E-state index contributed by atoms with van der Waals surface area (Å²) in [7, 11) is 1.55. The van der Waals surface area contributed by atoms with Crippen molar-refractivity contribution in [2.75, 3.05) is 12.0 Å². The van der Waals surface area contributed by atoms with E-state index in [2.05, 4.69) is 5.32 Å². The molecule has 9 heteroatoms. The number of carbonyl (C=O) groups is 3. The van der Waals surface area contributed by atoms with E-state index in [1.165, 1.54) is 17.0 Å². The number of rotatable bonds is 5. The highest BCUT2D eigenvalue weighted by atomic mass is 32.1. The van der Waals surface area contributed by atoms with Gasteiger partial charge in [0.2, 0.25) is 0 Å². The van der Waals surface area contributed by atoms with E-state index in [0.29, 0.717) is 17.0 Å². The molecule has 2 heterocycles. The largest absolute Gasteiger partial charge is 0.497 e. The third kappa shape index (κ3) is 4.08. The van der Waals surface area contributed by atoms with Crippen molar-refractivity contribution in [2.24, 2.45) is 0 Å². The number of amides is 2. The minimum Gasteiger partial charge on any atom is -0.497 e. The van der Waals surface area contributed by atoms with Gasteiger partial charge in [0, 0.05) is 17.1 Å². The van der Waals surface area contributed by atoms with E-state index in [4.69, 9.17) is 22.1 Å². The quantitative estimate of drug-likeness (QED) is 0.332. The first-order valence-corrected chi connectivity index (χ1v) is 10.7. The number of aromatic carboxylic acids is 1. The van der Waals surface area contributed by atoms with Gasteiger partial charge in [0.05, 0.1) is 18.4 Å². The maximum absolute atomic E-state index is 13.3. The Morgan fingerprint density at radius 2 is 1.65 bits per heavy atom. The Kier molecular flexibility index (Phi) is 6.04. The molecule has 2 aromatic carbocycles. The van der Waals surface area contributed by atoms with Crippen LogP contribution in [-0.4, -0.2) is 39.7 Å². The number of carbonyl (C=O) groups excluding carboxylic acids is 2. The van der Waals surface area contributed by atoms with Gasteiger partial charge in [-0.2, -0.15) is 0 Å². The highest BCUT2D eigenvalue weighted by Gasteiger charge is 2.34. The number of carboxylic acid groups (broad SMARTS) is 1. The Bertz CT molecular complexity index is 1350. The van der Waals surface area contributed by atoms with E-state index in [1.807, 2.05) is 24.5 Å². The van der Waals surface area contributed by atoms with Gasteiger partial charge in [0.15, 0.2) is 5.11 Å². The lowest BCUT2D eigenvalue weighted by Gasteiger charge is -2.29. The van der Waals surface area contributed by atoms with Crippen molar-refractivity contribution in [3.05, 3.63) is 82.7 Å². The van der Waals surface area contributed by atoms with Crippen LogP contribution < -0.4 is 15.0 Å². The first-order valence-electron chi connectivity index (χ1n) is 10.3. The normalized spacial score (nSPS) is 15.0. The lowest BCUT2D eigenvalue weighted by atomic mass is 10.1. The van der Waals surface area contributed by atoms with Crippen LogP contribution >= 0.6 is 12.2 Å². The summed E-state index contributed by atoms with van der Waals surface area (Å²) in [4.78, 5) is 38.4. The first-order chi connectivity index (χ1) is 16.2. The van der Waals surface area contributed by atoms with Crippen molar-refractivity contribution >= 4 is 46.9 Å². The molecule has 0 atom stereocenters. The Balaban J connectivity index is 1.72. The summed E-state index contributed by atoms with van der Waals surface area (Å²) in [6.45, 7) is 3.75. The lowest BCUT2D eigenvalue weighted by molar-refractivity contribution is -0.122. The molecule has 3 aromatic rings. The molecule has 8 nitrogen and oxygen atoms in total. The number of aromatic nitrogens is 1. The fourth-order valence-electron chi connectivity index (χ4n) is 3.86. The number of nitrogens with zero attached hydrogens (tertiary/aromatic N) is 2. The Labute approximate surface area is 201 Å². The molecule has 1 fully saturated rings. The van der Waals surface area contributed by atoms with Crippen LogP contribution in [0.3, 0.4) is 0 Å². The number of hydrogen-bond donors (Lipinski definition) is 2. The molecule has 172 valence electrons. The summed E-state index contributed by atoms with van der Waals surface area (Å²) in [6.07, 6.45) is 1.54. The zero-order valence-corrected chi connectivity index (χ0v) is 19.5. The molecule has 1 aromatic heterocycles. The van der Waals surface area contributed by atoms with E-state index >= 15 is 0 Å². The average Bonchev–Trinajstić information content (AvgIpc) is 3.09. The summed E-state index contributed by atoms with van der Waals surface area (Å²) in [6, 6.07) is 15.1. The van der Waals surface area contributed by atoms with Crippen molar-refractivity contribution < 1.29 is 24.2 Å². The zero-order valence-electron chi connectivity index (χ0n) is 18.7. The summed E-state index contributed by atoms with van der Waals surface area (Å²) in [5.74, 6) is -1.48. The number of carboxylic acids is 1. The van der Waals surface area contributed by atoms with E-state index in [1.54, 1.807) is 49.6 Å². The highest BCUT2D eigenvalue weighted by Crippen LogP contribution is 2.27. The first kappa shape index (κ1) is 22.9. The monoisotopic (exact) mass is 475 g/mol. The van der Waals surface area contributed by atoms with Crippen LogP contribution in [0.25, 0.3) is 11.8 Å². The van der Waals surface area contributed by atoms with Crippen LogP contribution in [-0.2, 0) is 9.59 Å². The smallest absolute Gasteiger partial charge is 0.335 e. The fraction of sp³-hybridized carbons (Fsp3) is 0.120. The highest BCUT2D eigenvalue weighted by molar-refractivity contribution is 7.80. The van der Waals surface area contributed by atoms with Crippen LogP contribution in [0.5, 0.6) is 5.75 Å². The van der Waals surface area contributed by atoms with E-state index in [0.717, 1.165) is 17.1 Å². The van der Waals surface area contributed by atoms with Crippen LogP contribution in [0.1, 0.15) is 27.3 Å². The third-order valence-electron chi connectivity index (χ3n) is 5.57. The molecule has 0 unspecified atom stereocenters. The number of nitrogens with one attached hydrogen (secondary N) is 1. The number of benzene rings is 2. The summed E-state index contributed by atoms with van der Waals surface area (Å²) in [5, 5.41) is 11.7. The molecule has 1 saturated heterocycles. The van der Waals surface area contributed by atoms with Crippen molar-refractivity contribution in [3.8, 4) is 11.4 Å². The van der Waals surface area contributed by atoms with Crippen LogP contribution in [0.15, 0.2) is 60.2 Å². The van der Waals surface area contributed by atoms with Crippen molar-refractivity contribution in [1.29, 1.82) is 0 Å². The van der Waals surface area contributed by atoms with Gasteiger partial charge in [0.1, 0.15) is 11.3 Å². The SMILES string of the molecule is COc1ccc(N2C(=O)C(=Cc3cc(C)n(-c4ccc(C(=O)O)cc4)c3C)C(=O)NC2=S)cc1. The molecule has 2 amide bonds. The molecular weight excluding hydrogens is 454 g/mol. The minimum atomic E-state index is -1.00. The van der Waals surface area contributed by atoms with Gasteiger partial charge in [-0.15, -0.1) is 0 Å². The number of methoxy groups -OCH3 is 1. The number of thiocarbonyl (C=S) groups is 1. The van der Waals surface area contributed by atoms with Crippen LogP contribution in [0.2, 0.25) is 0 Å². The molecule has 1 aliphatic rings. The second-order valence-electron chi connectivity index (χ2n) is 7.67. The molecule has 4 rings (SSSR count). The Morgan fingerprint density at radius 1 is 1.03 bits per heavy atom. The predicted octanol–water partition coefficient (Wildman–Crippen LogP) is 3.63. The summed E-state index contributed by atoms with van der Waals surface area (Å²) in [5.41, 5.74) is 3.74. The molecule has 2 N–H and O–H groups in total. The zero-order chi connectivity index (χ0) is 24.6. The van der Waals surface area contributed by atoms with Gasteiger partial charge in [-0.25, -0.2) is 4.79 Å². The van der Waals surface area contributed by atoms with Gasteiger partial charge in [-0.05, 0) is 92.3 Å². The Morgan fingerprint density at radius 3 is 2.24 bits per heavy atom. The molecule has 1 aliphatic heterocycles. The predicted molar refractivity (Wildman–Crippen MR) is 131 cm³/mol. The molecule has 0 saturated carbocycles. The number of aryl methyl sites for hydroxylation is 1. The van der Waals surface area contributed by atoms with Gasteiger partial charge >= 0.3 is 5.97 Å². The molecule has 0 radical (unpaired) electrons. The van der Waals surface area contributed by atoms with Crippen molar-refractivity contribution in [1.82, 2.24) is 9.88 Å².